The number of piperidine rings is 1. The van der Waals surface area contributed by atoms with Crippen molar-refractivity contribution in [2.24, 2.45) is 29.6 Å². The summed E-state index contributed by atoms with van der Waals surface area (Å²) in [5.74, 6) is -4.27. The molecule has 4 rings (SSSR count). The molecule has 1 aromatic carbocycles. The molecule has 3 aromatic rings. The van der Waals surface area contributed by atoms with Crippen molar-refractivity contribution in [3.05, 3.63) is 64.2 Å². The first kappa shape index (κ1) is 58.4. The number of ketones is 2. The number of Topliss-reactive ketones (excluding diaryl/α,β-unsaturated/α-hetero) is 2. The van der Waals surface area contributed by atoms with Crippen LogP contribution in [0.2, 0.25) is 0 Å². The number of amides is 2. The Morgan fingerprint density at radius 2 is 1.79 bits per heavy atom. The van der Waals surface area contributed by atoms with E-state index >= 15 is 0 Å². The monoisotopic (exact) mass is 1050 g/mol. The van der Waals surface area contributed by atoms with Crippen LogP contribution in [0.5, 0.6) is 5.75 Å². The smallest absolute Gasteiger partial charge is 0.481 e. The molecule has 4 N–H and O–H groups in total. The number of nitrogens with zero attached hydrogens (tertiary/aromatic N) is 4. The molecule has 386 valence electrons. The highest BCUT2D eigenvalue weighted by Gasteiger charge is 2.38. The third kappa shape index (κ3) is 18.8. The highest BCUT2D eigenvalue weighted by atomic mass is 33.1. The van der Waals surface area contributed by atoms with Crippen molar-refractivity contribution >= 4 is 81.8 Å². The van der Waals surface area contributed by atoms with Gasteiger partial charge in [0.2, 0.25) is 11.8 Å². The van der Waals surface area contributed by atoms with Crippen LogP contribution < -0.4 is 9.84 Å². The number of carbonyl (C=O) groups is 6. The lowest BCUT2D eigenvalue weighted by Crippen LogP contribution is -2.48. The molecule has 2 amide bonds. The minimum Gasteiger partial charge on any atom is -0.481 e. The zero-order chi connectivity index (χ0) is 51.7. The van der Waals surface area contributed by atoms with E-state index in [4.69, 9.17) is 9.26 Å². The zero-order valence-corrected chi connectivity index (χ0v) is 44.8. The molecule has 1 saturated heterocycles. The van der Waals surface area contributed by atoms with E-state index in [2.05, 4.69) is 20.2 Å². The van der Waals surface area contributed by atoms with Crippen molar-refractivity contribution < 1.29 is 57.5 Å². The van der Waals surface area contributed by atoms with Gasteiger partial charge in [-0.1, -0.05) is 70.4 Å². The number of aromatic nitrogens is 2. The molecular weight excluding hydrogens is 978 g/mol. The van der Waals surface area contributed by atoms with E-state index in [1.165, 1.54) is 53.6 Å². The van der Waals surface area contributed by atoms with Crippen LogP contribution in [0.25, 0.3) is 0 Å². The number of nitrogens with one attached hydrogen (secondary N) is 1. The van der Waals surface area contributed by atoms with Crippen molar-refractivity contribution in [1.82, 2.24) is 19.8 Å². The molecule has 0 saturated carbocycles. The average molecular weight is 1050 g/mol. The van der Waals surface area contributed by atoms with E-state index in [0.717, 1.165) is 42.2 Å². The molecule has 1 fully saturated rings. The van der Waals surface area contributed by atoms with Crippen molar-refractivity contribution in [3.63, 3.8) is 0 Å². The maximum Gasteiger partial charge on any atom is 0.524 e. The molecule has 0 spiro atoms. The number of aliphatic carboxylic acids is 1. The summed E-state index contributed by atoms with van der Waals surface area (Å²) in [6.45, 7) is 11.6. The lowest BCUT2D eigenvalue weighted by atomic mass is 9.83. The quantitative estimate of drug-likeness (QED) is 0.0166. The first-order chi connectivity index (χ1) is 33.1. The number of carboxylic acids is 1. The number of rotatable bonds is 29. The number of likely N-dealkylation sites (N-methyl/N-ethyl adjacent to an activating group) is 1. The Labute approximate surface area is 423 Å². The fraction of sp³-hybridized carbons (Fsp3) is 0.592. The van der Waals surface area contributed by atoms with Crippen LogP contribution in [0.4, 0.5) is 5.69 Å². The Kier molecular flexibility index (Phi) is 23.5. The van der Waals surface area contributed by atoms with Crippen molar-refractivity contribution in [2.75, 3.05) is 31.7 Å². The van der Waals surface area contributed by atoms with Gasteiger partial charge in [0.05, 0.1) is 17.6 Å². The van der Waals surface area contributed by atoms with Gasteiger partial charge in [-0.25, -0.2) is 14.5 Å². The number of ether oxygens (including phenoxy) is 1. The molecule has 3 heterocycles. The first-order valence-corrected chi connectivity index (χ1v) is 28.6. The number of hydrogen-bond donors (Lipinski definition) is 4. The Hall–Kier alpha value is -4.17. The number of pyridine rings is 1. The van der Waals surface area contributed by atoms with Crippen LogP contribution in [0.15, 0.2) is 53.0 Å². The Balaban J connectivity index is 1.52. The molecule has 2 aromatic heterocycles. The summed E-state index contributed by atoms with van der Waals surface area (Å²) in [5, 5.41) is 15.3. The van der Waals surface area contributed by atoms with E-state index in [9.17, 15) is 48.2 Å². The molecular formula is C49H70N5O12PS3. The maximum atomic E-state index is 14.4. The Morgan fingerprint density at radius 1 is 1.04 bits per heavy atom. The molecule has 0 bridgehead atoms. The van der Waals surface area contributed by atoms with E-state index in [-0.39, 0.29) is 85.2 Å². The molecule has 17 nitrogen and oxygen atoms in total. The number of esters is 1. The summed E-state index contributed by atoms with van der Waals surface area (Å²) < 4.78 is 22.6. The fourth-order valence-electron chi connectivity index (χ4n) is 8.69. The van der Waals surface area contributed by atoms with Gasteiger partial charge in [-0.15, -0.1) is 11.3 Å². The lowest BCUT2D eigenvalue weighted by molar-refractivity contribution is -0.149. The van der Waals surface area contributed by atoms with E-state index < -0.39 is 61.4 Å². The van der Waals surface area contributed by atoms with E-state index in [1.54, 1.807) is 23.5 Å². The van der Waals surface area contributed by atoms with E-state index in [1.807, 2.05) is 52.9 Å². The van der Waals surface area contributed by atoms with Gasteiger partial charge >= 0.3 is 19.8 Å². The standard InChI is InChI=1S/C49H70N5O12PS3/c1-9-31(4)36(27-42(57)39-15-11-13-21-53(39)7)48(59)54(8)40(30(2)3)28-44(65-33(6)55)47-52-38(29-68-47)41(56)26-35(23-32(5)49(60)61)24-34-18-19-43(66-67(62,63)64)37(25-34)51-45(58)16-14-22-69-70-46-17-10-12-20-50-46/h10,12,17-20,25,29-32,35-36,39-40,44H,9,11,13-16,21-24,26-28H2,1-8H3,(H,51,58)(H,60,61)(H2,62,63,64)/t31-,32?,35+,36?,39?,40+,44+/m0/s1. The predicted molar refractivity (Wildman–Crippen MR) is 273 cm³/mol. The topological polar surface area (TPSA) is 243 Å². The summed E-state index contributed by atoms with van der Waals surface area (Å²) in [7, 11) is 1.66. The number of anilines is 1. The number of phosphoric acid groups is 1. The van der Waals surface area contributed by atoms with Crippen LogP contribution in [-0.4, -0.2) is 108 Å². The third-order valence-electron chi connectivity index (χ3n) is 12.7. The summed E-state index contributed by atoms with van der Waals surface area (Å²) in [5.41, 5.74) is 0.634. The van der Waals surface area contributed by atoms with Crippen molar-refractivity contribution in [3.8, 4) is 5.75 Å². The minimum atomic E-state index is -5.04. The highest BCUT2D eigenvalue weighted by molar-refractivity contribution is 8.76. The van der Waals surface area contributed by atoms with Gasteiger partial charge in [0.25, 0.3) is 0 Å². The Morgan fingerprint density at radius 3 is 2.41 bits per heavy atom. The molecule has 1 aliphatic rings. The van der Waals surface area contributed by atoms with E-state index in [0.29, 0.717) is 29.2 Å². The van der Waals surface area contributed by atoms with Gasteiger partial charge in [0, 0.05) is 68.9 Å². The van der Waals surface area contributed by atoms with Crippen LogP contribution in [-0.2, 0) is 39.7 Å². The average Bonchev–Trinajstić information content (AvgIpc) is 3.80. The summed E-state index contributed by atoms with van der Waals surface area (Å²) in [6.07, 6.45) is 5.28. The molecule has 0 radical (unpaired) electrons. The number of likely N-dealkylation sites (tertiary alicyclic amines) is 1. The molecule has 3 unspecified atom stereocenters. The fourth-order valence-corrected chi connectivity index (χ4v) is 11.9. The number of thiazole rings is 1. The minimum absolute atomic E-state index is 0.00145. The number of phosphoric ester groups is 1. The number of hydrogen-bond acceptors (Lipinski definition) is 15. The van der Waals surface area contributed by atoms with Gasteiger partial charge < -0.3 is 24.6 Å². The summed E-state index contributed by atoms with van der Waals surface area (Å²) in [6, 6.07) is 9.26. The summed E-state index contributed by atoms with van der Waals surface area (Å²) >= 11 is 1.13. The SMILES string of the molecule is CC[C@H](C)C(CC(=O)C1CCCCN1C)C(=O)N(C)[C@H](C[C@@H](OC(C)=O)c1nc(C(=O)C[C@@H](Cc2ccc(OP(=O)(O)O)c(NC(=O)CCCSSc3ccccn3)c2)CC(C)C(=O)O)cs1)C(C)C. The molecule has 70 heavy (non-hydrogen) atoms. The Bertz CT molecular complexity index is 2280. The second kappa shape index (κ2) is 28.2. The summed E-state index contributed by atoms with van der Waals surface area (Å²) in [4.78, 5) is 112. The van der Waals surface area contributed by atoms with Gasteiger partial charge in [-0.3, -0.25) is 43.5 Å². The largest absolute Gasteiger partial charge is 0.524 e. The lowest BCUT2D eigenvalue weighted by Gasteiger charge is -2.37. The zero-order valence-electron chi connectivity index (χ0n) is 41.4. The molecule has 21 heteroatoms. The maximum absolute atomic E-state index is 14.4. The normalized spacial score (nSPS) is 16.9. The highest BCUT2D eigenvalue weighted by Crippen LogP contribution is 2.42. The second-order valence-corrected chi connectivity index (χ2v) is 23.1. The number of carbonyl (C=O) groups excluding carboxylic acids is 5. The van der Waals surface area contributed by atoms with Crippen molar-refractivity contribution in [2.45, 2.75) is 135 Å². The molecule has 7 atom stereocenters. The molecule has 0 aliphatic carbocycles. The van der Waals surface area contributed by atoms with Crippen LogP contribution in [0.1, 0.15) is 133 Å². The molecule has 1 aliphatic heterocycles. The number of carboxylic acid groups (broad SMARTS) is 1. The van der Waals surface area contributed by atoms with Crippen molar-refractivity contribution in [1.29, 1.82) is 0 Å². The van der Waals surface area contributed by atoms with Gasteiger partial charge in [0.1, 0.15) is 15.7 Å². The third-order valence-corrected chi connectivity index (χ3v) is 16.5. The predicted octanol–water partition coefficient (Wildman–Crippen LogP) is 9.29. The van der Waals surface area contributed by atoms with Gasteiger partial charge in [0.15, 0.2) is 23.4 Å². The number of benzene rings is 1. The van der Waals surface area contributed by atoms with Crippen LogP contribution in [0.3, 0.4) is 0 Å². The van der Waals surface area contributed by atoms with Crippen LogP contribution >= 0.6 is 40.7 Å². The van der Waals surface area contributed by atoms with Gasteiger partial charge in [-0.2, -0.15) is 0 Å². The second-order valence-electron chi connectivity index (χ2n) is 18.6. The first-order valence-electron chi connectivity index (χ1n) is 23.8. The van der Waals surface area contributed by atoms with Gasteiger partial charge in [-0.05, 0) is 104 Å². The van der Waals surface area contributed by atoms with Crippen LogP contribution in [0, 0.1) is 29.6 Å².